The largest absolute Gasteiger partial charge is 0.468 e. The summed E-state index contributed by atoms with van der Waals surface area (Å²) in [6, 6.07) is 2.27. The maximum Gasteiger partial charge on any atom is 0.293 e. The molecule has 1 heterocycles. The number of rotatable bonds is 4. The molecule has 0 fully saturated rings. The monoisotopic (exact) mass is 244 g/mol. The topological polar surface area (TPSA) is 26.3 Å². The molecule has 0 aliphatic heterocycles. The van der Waals surface area contributed by atoms with Crippen LogP contribution in [0, 0.1) is 12.8 Å². The summed E-state index contributed by atoms with van der Waals surface area (Å²) in [6.07, 6.45) is 5.72. The number of allylic oxidation sites excluding steroid dienone is 1. The molecule has 18 heavy (non-hydrogen) atoms. The molecule has 2 rings (SSSR count). The third-order valence-electron chi connectivity index (χ3n) is 3.24. The van der Waals surface area contributed by atoms with Crippen molar-refractivity contribution in [2.45, 2.75) is 33.1 Å². The summed E-state index contributed by atoms with van der Waals surface area (Å²) in [5.74, 6) is 2.98. The smallest absolute Gasteiger partial charge is 0.293 e. The Hall–Kier alpha value is -1.38. The van der Waals surface area contributed by atoms with Gasteiger partial charge in [-0.25, -0.2) is 0 Å². The quantitative estimate of drug-likeness (QED) is 0.601. The molecule has 1 atom stereocenters. The second-order valence-corrected chi connectivity index (χ2v) is 4.56. The summed E-state index contributed by atoms with van der Waals surface area (Å²) in [4.78, 5) is 9.18. The molecule has 1 aliphatic carbocycles. The van der Waals surface area contributed by atoms with Gasteiger partial charge in [-0.15, -0.1) is 0 Å². The van der Waals surface area contributed by atoms with Crippen LogP contribution >= 0.6 is 0 Å². The summed E-state index contributed by atoms with van der Waals surface area (Å²) < 4.78 is 4.15. The fraction of sp³-hybridized carbons (Fsp3) is 0.467. The van der Waals surface area contributed by atoms with Gasteiger partial charge in [0.05, 0.1) is 6.61 Å². The molecule has 0 bridgehead atoms. The van der Waals surface area contributed by atoms with Gasteiger partial charge >= 0.3 is 80.3 Å². The van der Waals surface area contributed by atoms with Gasteiger partial charge < -0.3 is 4.74 Å². The fourth-order valence-corrected chi connectivity index (χ4v) is 2.39. The minimum atomic E-state index is 0.431. The molecule has 1 aliphatic rings. The standard InChI is InChI=1S/C12H15B.C3H6O2/c1-3-4-10-7-11-5-6-13-9(2)12(11)8-10;1-2-5-3-4/h3,5-6,10H,1,4,7-8H2,2H3;3H,2H2,1H3. The molecular weight excluding hydrogens is 223 g/mol. The van der Waals surface area contributed by atoms with Crippen molar-refractivity contribution in [2.24, 2.45) is 5.92 Å². The van der Waals surface area contributed by atoms with E-state index in [9.17, 15) is 4.79 Å². The van der Waals surface area contributed by atoms with Crippen LogP contribution in [0.25, 0.3) is 0 Å². The number of carbonyl (C=O) groups is 1. The Morgan fingerprint density at radius 3 is 2.83 bits per heavy atom. The van der Waals surface area contributed by atoms with Gasteiger partial charge in [-0.05, 0) is 6.92 Å². The second kappa shape index (κ2) is 7.86. The number of carbonyl (C=O) groups excluding carboxylic acids is 1. The first-order valence-corrected chi connectivity index (χ1v) is 6.46. The summed E-state index contributed by atoms with van der Waals surface area (Å²) in [7, 11) is 0. The molecule has 0 amide bonds. The molecule has 0 saturated heterocycles. The number of hydrogen-bond donors (Lipinski definition) is 0. The number of aryl methyl sites for hydroxylation is 1. The Kier molecular flexibility index (Phi) is 6.41. The molecule has 2 nitrogen and oxygen atoms in total. The number of ether oxygens (including phenoxy) is 1. The van der Waals surface area contributed by atoms with Crippen LogP contribution in [0.3, 0.4) is 0 Å². The van der Waals surface area contributed by atoms with Crippen LogP contribution in [0.4, 0.5) is 0 Å². The third kappa shape index (κ3) is 4.13. The maximum absolute atomic E-state index is 9.18. The zero-order valence-corrected chi connectivity index (χ0v) is 11.3. The molecule has 0 spiro atoms. The van der Waals surface area contributed by atoms with Crippen molar-refractivity contribution >= 4 is 13.4 Å². The van der Waals surface area contributed by atoms with Crippen molar-refractivity contribution in [1.29, 1.82) is 0 Å². The van der Waals surface area contributed by atoms with Crippen molar-refractivity contribution < 1.29 is 9.53 Å². The Morgan fingerprint density at radius 2 is 2.33 bits per heavy atom. The van der Waals surface area contributed by atoms with Gasteiger partial charge in [0.2, 0.25) is 0 Å². The maximum atomic E-state index is 9.18. The van der Waals surface area contributed by atoms with Gasteiger partial charge in [0.15, 0.2) is 0 Å². The molecular formula is C15H21BO2. The SMILES string of the molecule is C=CCC1Cc2ccbc(C)c2C1.CCOC=O. The zero-order valence-electron chi connectivity index (χ0n) is 11.3. The number of fused-ring (bicyclic) bond motifs is 1. The summed E-state index contributed by atoms with van der Waals surface area (Å²) in [5.41, 5.74) is 4.62. The van der Waals surface area contributed by atoms with Crippen LogP contribution in [0.1, 0.15) is 29.9 Å². The third-order valence-corrected chi connectivity index (χ3v) is 3.24. The van der Waals surface area contributed by atoms with E-state index in [0.717, 1.165) is 12.3 Å². The molecule has 0 N–H and O–H groups in total. The Balaban J connectivity index is 0.000000280. The minimum Gasteiger partial charge on any atom is -0.468 e. The molecule has 0 aromatic carbocycles. The van der Waals surface area contributed by atoms with Crippen molar-refractivity contribution in [3.8, 4) is 0 Å². The first-order chi connectivity index (χ1) is 8.72. The number of hydrogen-bond acceptors (Lipinski definition) is 2. The van der Waals surface area contributed by atoms with E-state index in [1.165, 1.54) is 18.3 Å². The predicted molar refractivity (Wildman–Crippen MR) is 75.9 cm³/mol. The van der Waals surface area contributed by atoms with Gasteiger partial charge in [-0.1, -0.05) is 0 Å². The molecule has 1 aromatic heterocycles. The molecule has 3 heteroatoms. The Morgan fingerprint density at radius 1 is 1.56 bits per heavy atom. The average molecular weight is 244 g/mol. The first-order valence-electron chi connectivity index (χ1n) is 6.46. The molecule has 0 radical (unpaired) electrons. The van der Waals surface area contributed by atoms with Gasteiger partial charge in [0.1, 0.15) is 0 Å². The van der Waals surface area contributed by atoms with Gasteiger partial charge in [-0.2, -0.15) is 0 Å². The van der Waals surface area contributed by atoms with E-state index in [0.29, 0.717) is 13.1 Å². The van der Waals surface area contributed by atoms with Crippen LogP contribution in [-0.4, -0.2) is 20.0 Å². The van der Waals surface area contributed by atoms with Crippen molar-refractivity contribution in [3.05, 3.63) is 41.3 Å². The van der Waals surface area contributed by atoms with Gasteiger partial charge in [0.25, 0.3) is 6.47 Å². The predicted octanol–water partition coefficient (Wildman–Crippen LogP) is 2.80. The summed E-state index contributed by atoms with van der Waals surface area (Å²) in [6.45, 7) is 10.9. The van der Waals surface area contributed by atoms with E-state index in [-0.39, 0.29) is 0 Å². The van der Waals surface area contributed by atoms with Crippen LogP contribution in [0.15, 0.2) is 24.7 Å². The van der Waals surface area contributed by atoms with Crippen molar-refractivity contribution in [3.63, 3.8) is 0 Å². The Labute approximate surface area is 110 Å². The van der Waals surface area contributed by atoms with E-state index in [1.54, 1.807) is 18.1 Å². The molecule has 1 aromatic rings. The van der Waals surface area contributed by atoms with E-state index >= 15 is 0 Å². The molecule has 96 valence electrons. The van der Waals surface area contributed by atoms with E-state index in [4.69, 9.17) is 0 Å². The van der Waals surface area contributed by atoms with E-state index < -0.39 is 0 Å². The zero-order chi connectivity index (χ0) is 13.4. The average Bonchev–Trinajstić information content (AvgIpc) is 2.76. The van der Waals surface area contributed by atoms with Crippen LogP contribution in [0.5, 0.6) is 0 Å². The van der Waals surface area contributed by atoms with Crippen LogP contribution in [0.2, 0.25) is 0 Å². The van der Waals surface area contributed by atoms with Crippen LogP contribution < -0.4 is 0 Å². The van der Waals surface area contributed by atoms with E-state index in [2.05, 4.69) is 37.2 Å². The van der Waals surface area contributed by atoms with Gasteiger partial charge in [-0.3, -0.25) is 4.79 Å². The fourth-order valence-electron chi connectivity index (χ4n) is 2.39. The summed E-state index contributed by atoms with van der Waals surface area (Å²) in [5, 5.41) is 0. The normalized spacial score (nSPS) is 16.0. The first kappa shape index (κ1) is 14.7. The second-order valence-electron chi connectivity index (χ2n) is 4.56. The minimum absolute atomic E-state index is 0.431. The van der Waals surface area contributed by atoms with E-state index in [1.807, 2.05) is 6.08 Å². The summed E-state index contributed by atoms with van der Waals surface area (Å²) >= 11 is 0. The van der Waals surface area contributed by atoms with Gasteiger partial charge in [0, 0.05) is 0 Å². The Bertz CT molecular complexity index is 401. The molecule has 1 unspecified atom stereocenters. The molecule has 0 saturated carbocycles. The van der Waals surface area contributed by atoms with Crippen LogP contribution in [-0.2, 0) is 22.4 Å². The van der Waals surface area contributed by atoms with Crippen molar-refractivity contribution in [1.82, 2.24) is 0 Å². The van der Waals surface area contributed by atoms with Crippen molar-refractivity contribution in [2.75, 3.05) is 6.61 Å².